The number of carbonyl (C=O) groups is 1. The molecule has 0 amide bonds. The number of nitrogens with one attached hydrogen (secondary N) is 1. The highest BCUT2D eigenvalue weighted by atomic mass is 32.2. The van der Waals surface area contributed by atoms with Crippen LogP contribution >= 0.6 is 0 Å². The molecule has 0 saturated heterocycles. The van der Waals surface area contributed by atoms with Gasteiger partial charge in [0.1, 0.15) is 18.1 Å². The summed E-state index contributed by atoms with van der Waals surface area (Å²) in [5, 5.41) is 0. The van der Waals surface area contributed by atoms with Crippen LogP contribution in [-0.2, 0) is 14.8 Å². The Hall–Kier alpha value is -2.58. The highest BCUT2D eigenvalue weighted by Crippen LogP contribution is 2.17. The van der Waals surface area contributed by atoms with Gasteiger partial charge in [0.25, 0.3) is 0 Å². The SMILES string of the molecule is COC(=O)c1cccc(S(=O)(=O)N[C@@H](C)COc2ccc(OC)cc2)c1. The monoisotopic (exact) mass is 379 g/mol. The molecule has 0 aliphatic carbocycles. The molecular formula is C18H21NO6S. The number of hydrogen-bond donors (Lipinski definition) is 1. The Morgan fingerprint density at radius 1 is 1.08 bits per heavy atom. The number of benzene rings is 2. The van der Waals surface area contributed by atoms with Gasteiger partial charge in [0.15, 0.2) is 0 Å². The second kappa shape index (κ2) is 8.68. The van der Waals surface area contributed by atoms with Gasteiger partial charge >= 0.3 is 5.97 Å². The third-order valence-electron chi connectivity index (χ3n) is 3.48. The Labute approximate surface area is 152 Å². The summed E-state index contributed by atoms with van der Waals surface area (Å²) in [7, 11) is -0.989. The van der Waals surface area contributed by atoms with Crippen LogP contribution in [0.3, 0.4) is 0 Å². The molecule has 0 aromatic heterocycles. The molecule has 2 rings (SSSR count). The van der Waals surface area contributed by atoms with Gasteiger partial charge in [0, 0.05) is 0 Å². The molecule has 0 spiro atoms. The molecular weight excluding hydrogens is 358 g/mol. The smallest absolute Gasteiger partial charge is 0.337 e. The third kappa shape index (κ3) is 5.21. The van der Waals surface area contributed by atoms with Gasteiger partial charge in [-0.25, -0.2) is 17.9 Å². The minimum atomic E-state index is -3.80. The molecule has 7 nitrogen and oxygen atoms in total. The van der Waals surface area contributed by atoms with E-state index in [1.54, 1.807) is 38.3 Å². The first-order chi connectivity index (χ1) is 12.4. The Morgan fingerprint density at radius 3 is 2.35 bits per heavy atom. The van der Waals surface area contributed by atoms with E-state index in [9.17, 15) is 13.2 Å². The second-order valence-corrected chi connectivity index (χ2v) is 7.24. The zero-order valence-corrected chi connectivity index (χ0v) is 15.6. The van der Waals surface area contributed by atoms with Crippen LogP contribution in [0.2, 0.25) is 0 Å². The van der Waals surface area contributed by atoms with E-state index < -0.39 is 22.0 Å². The Morgan fingerprint density at radius 2 is 1.73 bits per heavy atom. The minimum absolute atomic E-state index is 0.0169. The molecule has 0 aliphatic rings. The predicted molar refractivity (Wildman–Crippen MR) is 96.1 cm³/mol. The van der Waals surface area contributed by atoms with E-state index >= 15 is 0 Å². The normalized spacial score (nSPS) is 12.3. The standard InChI is InChI=1S/C18H21NO6S/c1-13(12-25-16-9-7-15(23-2)8-10-16)19-26(21,22)17-6-4-5-14(11-17)18(20)24-3/h4-11,13,19H,12H2,1-3H3/t13-/m0/s1. The minimum Gasteiger partial charge on any atom is -0.497 e. The van der Waals surface area contributed by atoms with Gasteiger partial charge in [-0.2, -0.15) is 0 Å². The predicted octanol–water partition coefficient (Wildman–Crippen LogP) is 2.23. The van der Waals surface area contributed by atoms with Gasteiger partial charge in [-0.05, 0) is 49.4 Å². The quantitative estimate of drug-likeness (QED) is 0.708. The lowest BCUT2D eigenvalue weighted by atomic mass is 10.2. The summed E-state index contributed by atoms with van der Waals surface area (Å²) in [6.45, 7) is 1.83. The van der Waals surface area contributed by atoms with E-state index in [-0.39, 0.29) is 17.1 Å². The molecule has 26 heavy (non-hydrogen) atoms. The van der Waals surface area contributed by atoms with Crippen LogP contribution in [0.15, 0.2) is 53.4 Å². The van der Waals surface area contributed by atoms with Crippen LogP contribution in [0, 0.1) is 0 Å². The van der Waals surface area contributed by atoms with Crippen LogP contribution in [0.4, 0.5) is 0 Å². The zero-order valence-electron chi connectivity index (χ0n) is 14.8. The maximum absolute atomic E-state index is 12.5. The van der Waals surface area contributed by atoms with Crippen molar-refractivity contribution in [1.82, 2.24) is 4.72 Å². The lowest BCUT2D eigenvalue weighted by molar-refractivity contribution is 0.0600. The molecule has 0 fully saturated rings. The summed E-state index contributed by atoms with van der Waals surface area (Å²) in [5.74, 6) is 0.707. The molecule has 1 atom stereocenters. The first-order valence-corrected chi connectivity index (χ1v) is 9.31. The van der Waals surface area contributed by atoms with Crippen molar-refractivity contribution in [1.29, 1.82) is 0 Å². The number of hydrogen-bond acceptors (Lipinski definition) is 6. The average molecular weight is 379 g/mol. The molecule has 1 N–H and O–H groups in total. The summed E-state index contributed by atoms with van der Waals surface area (Å²) in [4.78, 5) is 11.5. The summed E-state index contributed by atoms with van der Waals surface area (Å²) in [6.07, 6.45) is 0. The summed E-state index contributed by atoms with van der Waals surface area (Å²) < 4.78 is 42.7. The molecule has 0 aliphatic heterocycles. The lowest BCUT2D eigenvalue weighted by Gasteiger charge is -2.16. The Balaban J connectivity index is 2.00. The van der Waals surface area contributed by atoms with Crippen molar-refractivity contribution in [2.75, 3.05) is 20.8 Å². The summed E-state index contributed by atoms with van der Waals surface area (Å²) in [5.41, 5.74) is 0.164. The van der Waals surface area contributed by atoms with Gasteiger partial charge < -0.3 is 14.2 Å². The fourth-order valence-electron chi connectivity index (χ4n) is 2.17. The number of sulfonamides is 1. The number of esters is 1. The fraction of sp³-hybridized carbons (Fsp3) is 0.278. The molecule has 0 heterocycles. The average Bonchev–Trinajstić information content (AvgIpc) is 2.66. The Bertz CT molecular complexity index is 848. The van der Waals surface area contributed by atoms with Crippen molar-refractivity contribution in [3.05, 3.63) is 54.1 Å². The van der Waals surface area contributed by atoms with Gasteiger partial charge in [0.2, 0.25) is 10.0 Å². The molecule has 8 heteroatoms. The maximum Gasteiger partial charge on any atom is 0.337 e. The van der Waals surface area contributed by atoms with E-state index in [1.807, 2.05) is 0 Å². The molecule has 2 aromatic rings. The Kier molecular flexibility index (Phi) is 6.59. The van der Waals surface area contributed by atoms with Crippen LogP contribution in [0.1, 0.15) is 17.3 Å². The molecule has 0 unspecified atom stereocenters. The van der Waals surface area contributed by atoms with E-state index in [0.717, 1.165) is 0 Å². The fourth-order valence-corrected chi connectivity index (χ4v) is 3.44. The van der Waals surface area contributed by atoms with E-state index in [4.69, 9.17) is 9.47 Å². The van der Waals surface area contributed by atoms with Gasteiger partial charge in [0.05, 0.1) is 30.7 Å². The summed E-state index contributed by atoms with van der Waals surface area (Å²) >= 11 is 0. The lowest BCUT2D eigenvalue weighted by Crippen LogP contribution is -2.36. The highest BCUT2D eigenvalue weighted by molar-refractivity contribution is 7.89. The van der Waals surface area contributed by atoms with Crippen molar-refractivity contribution in [2.45, 2.75) is 17.9 Å². The summed E-state index contributed by atoms with van der Waals surface area (Å²) in [6, 6.07) is 12.1. The maximum atomic E-state index is 12.5. The van der Waals surface area contributed by atoms with Gasteiger partial charge in [-0.3, -0.25) is 0 Å². The van der Waals surface area contributed by atoms with Gasteiger partial charge in [-0.1, -0.05) is 6.07 Å². The zero-order chi connectivity index (χ0) is 19.2. The highest BCUT2D eigenvalue weighted by Gasteiger charge is 2.19. The molecule has 2 aromatic carbocycles. The molecule has 0 bridgehead atoms. The van der Waals surface area contributed by atoms with Crippen LogP contribution in [0.25, 0.3) is 0 Å². The van der Waals surface area contributed by atoms with Gasteiger partial charge in [-0.15, -0.1) is 0 Å². The topological polar surface area (TPSA) is 90.9 Å². The van der Waals surface area contributed by atoms with E-state index in [2.05, 4.69) is 9.46 Å². The van der Waals surface area contributed by atoms with Crippen LogP contribution in [-0.4, -0.2) is 41.3 Å². The van der Waals surface area contributed by atoms with Crippen molar-refractivity contribution in [3.8, 4) is 11.5 Å². The third-order valence-corrected chi connectivity index (χ3v) is 5.07. The number of ether oxygens (including phenoxy) is 3. The largest absolute Gasteiger partial charge is 0.497 e. The van der Waals surface area contributed by atoms with Crippen molar-refractivity contribution >= 4 is 16.0 Å². The molecule has 0 saturated carbocycles. The first-order valence-electron chi connectivity index (χ1n) is 7.83. The van der Waals surface area contributed by atoms with Crippen LogP contribution < -0.4 is 14.2 Å². The molecule has 0 radical (unpaired) electrons. The molecule has 140 valence electrons. The number of carbonyl (C=O) groups excluding carboxylic acids is 1. The van der Waals surface area contributed by atoms with E-state index in [1.165, 1.54) is 31.4 Å². The van der Waals surface area contributed by atoms with Crippen LogP contribution in [0.5, 0.6) is 11.5 Å². The number of rotatable bonds is 8. The second-order valence-electron chi connectivity index (χ2n) is 5.53. The van der Waals surface area contributed by atoms with Crippen molar-refractivity contribution in [2.24, 2.45) is 0 Å². The van der Waals surface area contributed by atoms with E-state index in [0.29, 0.717) is 11.5 Å². The first kappa shape index (κ1) is 19.7. The number of methoxy groups -OCH3 is 2. The van der Waals surface area contributed by atoms with Crippen molar-refractivity contribution in [3.63, 3.8) is 0 Å². The van der Waals surface area contributed by atoms with Crippen molar-refractivity contribution < 1.29 is 27.4 Å².